The maximum Gasteiger partial charge on any atom is 0.410 e. The van der Waals surface area contributed by atoms with Gasteiger partial charge in [0.2, 0.25) is 0 Å². The Kier molecular flexibility index (Phi) is 2.68. The molecule has 2 fully saturated rings. The molecule has 1 aliphatic heterocycles. The molecule has 4 heteroatoms. The zero-order valence-corrected chi connectivity index (χ0v) is 10.2. The zero-order valence-electron chi connectivity index (χ0n) is 10.2. The summed E-state index contributed by atoms with van der Waals surface area (Å²) in [6.45, 7) is 6.05. The van der Waals surface area contributed by atoms with E-state index >= 15 is 0 Å². The number of hydrogen-bond acceptors (Lipinski definition) is 3. The molecule has 4 nitrogen and oxygen atoms in total. The van der Waals surface area contributed by atoms with Crippen molar-refractivity contribution in [2.24, 2.45) is 5.92 Å². The first kappa shape index (κ1) is 11.4. The normalized spacial score (nSPS) is 26.1. The van der Waals surface area contributed by atoms with Crippen LogP contribution in [-0.2, 0) is 9.53 Å². The summed E-state index contributed by atoms with van der Waals surface area (Å²) in [6.07, 6.45) is 2.28. The Labute approximate surface area is 95.9 Å². The van der Waals surface area contributed by atoms with Crippen molar-refractivity contribution in [3.05, 3.63) is 0 Å². The molecule has 0 N–H and O–H groups in total. The van der Waals surface area contributed by atoms with Crippen molar-refractivity contribution >= 4 is 11.9 Å². The van der Waals surface area contributed by atoms with Gasteiger partial charge in [-0.05, 0) is 39.5 Å². The molecular weight excluding hydrogens is 206 g/mol. The third kappa shape index (κ3) is 2.36. The van der Waals surface area contributed by atoms with Crippen molar-refractivity contribution in [1.82, 2.24) is 4.90 Å². The van der Waals surface area contributed by atoms with E-state index in [1.165, 1.54) is 0 Å². The van der Waals surface area contributed by atoms with Crippen LogP contribution in [0, 0.1) is 5.92 Å². The Balaban J connectivity index is 2.03. The topological polar surface area (TPSA) is 46.6 Å². The van der Waals surface area contributed by atoms with Gasteiger partial charge in [0.15, 0.2) is 5.78 Å². The maximum absolute atomic E-state index is 11.9. The minimum atomic E-state index is -0.489. The molecule has 90 valence electrons. The Morgan fingerprint density at radius 2 is 2.00 bits per heavy atom. The molecule has 2 aliphatic rings. The van der Waals surface area contributed by atoms with Crippen LogP contribution in [-0.4, -0.2) is 35.0 Å². The van der Waals surface area contributed by atoms with Crippen LogP contribution < -0.4 is 0 Å². The number of hydrogen-bond donors (Lipinski definition) is 0. The number of rotatable bonds is 1. The van der Waals surface area contributed by atoms with Crippen LogP contribution in [0.2, 0.25) is 0 Å². The first-order chi connectivity index (χ1) is 7.38. The van der Waals surface area contributed by atoms with Gasteiger partial charge in [-0.25, -0.2) is 4.79 Å². The highest BCUT2D eigenvalue weighted by Gasteiger charge is 2.46. The van der Waals surface area contributed by atoms with Crippen LogP contribution in [0.4, 0.5) is 4.79 Å². The van der Waals surface area contributed by atoms with Gasteiger partial charge < -0.3 is 4.74 Å². The molecule has 0 aromatic carbocycles. The minimum Gasteiger partial charge on any atom is -0.444 e. The molecule has 1 saturated carbocycles. The maximum atomic E-state index is 11.9. The molecule has 1 saturated heterocycles. The van der Waals surface area contributed by atoms with E-state index in [1.54, 1.807) is 4.90 Å². The summed E-state index contributed by atoms with van der Waals surface area (Å²) in [5.74, 6) is 0.593. The van der Waals surface area contributed by atoms with Crippen LogP contribution in [0.5, 0.6) is 0 Å². The molecule has 0 aromatic rings. The quantitative estimate of drug-likeness (QED) is 0.685. The largest absolute Gasteiger partial charge is 0.444 e. The van der Waals surface area contributed by atoms with Crippen LogP contribution in [0.3, 0.4) is 0 Å². The summed E-state index contributed by atoms with van der Waals surface area (Å²) in [5, 5.41) is 0. The molecule has 1 unspecified atom stereocenters. The fourth-order valence-corrected chi connectivity index (χ4v) is 2.15. The SMILES string of the molecule is CC(C)(C)OC(=O)N1CCC(=O)C1C1CC1. The highest BCUT2D eigenvalue weighted by atomic mass is 16.6. The van der Waals surface area contributed by atoms with E-state index in [1.807, 2.05) is 20.8 Å². The van der Waals surface area contributed by atoms with E-state index in [-0.39, 0.29) is 17.9 Å². The molecule has 0 aromatic heterocycles. The van der Waals surface area contributed by atoms with Gasteiger partial charge in [0.25, 0.3) is 0 Å². The number of ether oxygens (including phenoxy) is 1. The number of carbonyl (C=O) groups excluding carboxylic acids is 2. The predicted molar refractivity (Wildman–Crippen MR) is 59.1 cm³/mol. The second kappa shape index (κ2) is 3.75. The van der Waals surface area contributed by atoms with Gasteiger partial charge in [-0.2, -0.15) is 0 Å². The molecule has 0 radical (unpaired) electrons. The van der Waals surface area contributed by atoms with Crippen LogP contribution >= 0.6 is 0 Å². The average Bonchev–Trinajstić information content (AvgIpc) is 2.87. The van der Waals surface area contributed by atoms with Gasteiger partial charge in [-0.15, -0.1) is 0 Å². The van der Waals surface area contributed by atoms with E-state index < -0.39 is 5.60 Å². The van der Waals surface area contributed by atoms with Crippen molar-refractivity contribution in [3.8, 4) is 0 Å². The predicted octanol–water partition coefficient (Wildman–Crippen LogP) is 1.97. The molecular formula is C12H19NO3. The Bertz CT molecular complexity index is 315. The highest BCUT2D eigenvalue weighted by molar-refractivity contribution is 5.91. The summed E-state index contributed by atoms with van der Waals surface area (Å²) in [6, 6.07) is -0.199. The summed E-state index contributed by atoms with van der Waals surface area (Å²) < 4.78 is 5.31. The lowest BCUT2D eigenvalue weighted by Gasteiger charge is -2.27. The van der Waals surface area contributed by atoms with Crippen molar-refractivity contribution in [2.75, 3.05) is 6.54 Å². The van der Waals surface area contributed by atoms with Gasteiger partial charge in [-0.1, -0.05) is 0 Å². The standard InChI is InChI=1S/C12H19NO3/c1-12(2,3)16-11(15)13-7-6-9(14)10(13)8-4-5-8/h8,10H,4-7H2,1-3H3. The Hall–Kier alpha value is -1.06. The summed E-state index contributed by atoms with van der Waals surface area (Å²) in [7, 11) is 0. The zero-order chi connectivity index (χ0) is 11.9. The van der Waals surface area contributed by atoms with Gasteiger partial charge in [0, 0.05) is 13.0 Å². The lowest BCUT2D eigenvalue weighted by atomic mass is 10.1. The Morgan fingerprint density at radius 3 is 2.50 bits per heavy atom. The van der Waals surface area contributed by atoms with Gasteiger partial charge >= 0.3 is 6.09 Å². The number of Topliss-reactive ketones (excluding diaryl/α,β-unsaturated/α-hetero) is 1. The molecule has 1 aliphatic carbocycles. The lowest BCUT2D eigenvalue weighted by molar-refractivity contribution is -0.120. The summed E-state index contributed by atoms with van der Waals surface area (Å²) in [4.78, 5) is 25.2. The monoisotopic (exact) mass is 225 g/mol. The molecule has 2 rings (SSSR count). The number of likely N-dealkylation sites (tertiary alicyclic amines) is 1. The second-order valence-electron chi connectivity index (χ2n) is 5.67. The third-order valence-electron chi connectivity index (χ3n) is 2.96. The summed E-state index contributed by atoms with van der Waals surface area (Å²) in [5.41, 5.74) is -0.489. The van der Waals surface area contributed by atoms with Crippen LogP contribution in [0.25, 0.3) is 0 Å². The molecule has 1 amide bonds. The number of ketones is 1. The first-order valence-electron chi connectivity index (χ1n) is 5.91. The molecule has 0 spiro atoms. The van der Waals surface area contributed by atoms with E-state index in [0.29, 0.717) is 18.9 Å². The van der Waals surface area contributed by atoms with Crippen molar-refractivity contribution < 1.29 is 14.3 Å². The Morgan fingerprint density at radius 1 is 1.38 bits per heavy atom. The minimum absolute atomic E-state index is 0.199. The van der Waals surface area contributed by atoms with Crippen LogP contribution in [0.15, 0.2) is 0 Å². The van der Waals surface area contributed by atoms with Crippen molar-refractivity contribution in [1.29, 1.82) is 0 Å². The van der Waals surface area contributed by atoms with Crippen molar-refractivity contribution in [2.45, 2.75) is 51.7 Å². The molecule has 0 bridgehead atoms. The second-order valence-corrected chi connectivity index (χ2v) is 5.67. The van der Waals surface area contributed by atoms with E-state index in [4.69, 9.17) is 4.74 Å². The lowest BCUT2D eigenvalue weighted by Crippen LogP contribution is -2.42. The number of carbonyl (C=O) groups is 2. The van der Waals surface area contributed by atoms with Crippen LogP contribution in [0.1, 0.15) is 40.0 Å². The van der Waals surface area contributed by atoms with E-state index in [2.05, 4.69) is 0 Å². The summed E-state index contributed by atoms with van der Waals surface area (Å²) >= 11 is 0. The molecule has 16 heavy (non-hydrogen) atoms. The number of nitrogens with zero attached hydrogens (tertiary/aromatic N) is 1. The smallest absolute Gasteiger partial charge is 0.410 e. The third-order valence-corrected chi connectivity index (χ3v) is 2.96. The molecule has 1 atom stereocenters. The number of amides is 1. The highest BCUT2D eigenvalue weighted by Crippen LogP contribution is 2.39. The fourth-order valence-electron chi connectivity index (χ4n) is 2.15. The average molecular weight is 225 g/mol. The van der Waals surface area contributed by atoms with E-state index in [9.17, 15) is 9.59 Å². The van der Waals surface area contributed by atoms with Crippen molar-refractivity contribution in [3.63, 3.8) is 0 Å². The first-order valence-corrected chi connectivity index (χ1v) is 5.91. The molecule has 1 heterocycles. The van der Waals surface area contributed by atoms with E-state index in [0.717, 1.165) is 12.8 Å². The van der Waals surface area contributed by atoms with Gasteiger partial charge in [0.1, 0.15) is 5.60 Å². The van der Waals surface area contributed by atoms with Gasteiger partial charge in [0.05, 0.1) is 6.04 Å². The fraction of sp³-hybridized carbons (Fsp3) is 0.833. The van der Waals surface area contributed by atoms with Gasteiger partial charge in [-0.3, -0.25) is 9.69 Å².